The Morgan fingerprint density at radius 1 is 1.21 bits per heavy atom. The Hall–Kier alpha value is -2.05. The Morgan fingerprint density at radius 3 is 2.59 bits per heavy atom. The third-order valence-corrected chi connectivity index (χ3v) is 7.56. The molecule has 0 spiro atoms. The third kappa shape index (κ3) is 5.11. The van der Waals surface area contributed by atoms with Crippen LogP contribution in [-0.2, 0) is 21.2 Å². The topological polar surface area (TPSA) is 63.7 Å². The van der Waals surface area contributed by atoms with E-state index in [-0.39, 0.29) is 30.0 Å². The molecule has 1 saturated heterocycles. The van der Waals surface area contributed by atoms with Gasteiger partial charge >= 0.3 is 0 Å². The van der Waals surface area contributed by atoms with Gasteiger partial charge in [-0.25, -0.2) is 8.42 Å². The Kier molecular flexibility index (Phi) is 6.54. The summed E-state index contributed by atoms with van der Waals surface area (Å²) in [6, 6.07) is 12.6. The fraction of sp³-hybridized carbons (Fsp3) is 0.409. The van der Waals surface area contributed by atoms with Gasteiger partial charge in [0, 0.05) is 17.6 Å². The van der Waals surface area contributed by atoms with Gasteiger partial charge in [0.1, 0.15) is 5.75 Å². The molecule has 1 amide bonds. The number of amides is 1. The second-order valence-electron chi connectivity index (χ2n) is 7.57. The van der Waals surface area contributed by atoms with Crippen LogP contribution in [0, 0.1) is 13.8 Å². The van der Waals surface area contributed by atoms with Crippen molar-refractivity contribution in [2.75, 3.05) is 11.5 Å². The molecule has 156 valence electrons. The van der Waals surface area contributed by atoms with Crippen molar-refractivity contribution in [1.82, 2.24) is 4.90 Å². The van der Waals surface area contributed by atoms with Gasteiger partial charge in [0.25, 0.3) is 5.91 Å². The smallest absolute Gasteiger partial charge is 0.263 e. The maximum atomic E-state index is 13.3. The molecule has 2 aromatic carbocycles. The van der Waals surface area contributed by atoms with Crippen LogP contribution in [0.15, 0.2) is 42.5 Å². The summed E-state index contributed by atoms with van der Waals surface area (Å²) in [5.74, 6) is 0.478. The summed E-state index contributed by atoms with van der Waals surface area (Å²) in [4.78, 5) is 14.9. The standard InChI is InChI=1S/C22H26ClNO4S/c1-15-7-6-10-21(16(15)2)28-17(3)22(25)24(19-11-12-29(26,27)14-19)13-18-8-4-5-9-20(18)23/h4-10,17,19H,11-14H2,1-3H3. The molecule has 0 aliphatic carbocycles. The Bertz CT molecular complexity index is 1010. The van der Waals surface area contributed by atoms with Crippen LogP contribution in [0.1, 0.15) is 30.0 Å². The molecule has 1 heterocycles. The van der Waals surface area contributed by atoms with E-state index in [1.165, 1.54) is 0 Å². The number of carbonyl (C=O) groups is 1. The first-order valence-electron chi connectivity index (χ1n) is 9.65. The number of hydrogen-bond donors (Lipinski definition) is 0. The molecule has 0 N–H and O–H groups in total. The van der Waals surface area contributed by atoms with Gasteiger partial charge in [-0.3, -0.25) is 4.79 Å². The van der Waals surface area contributed by atoms with E-state index in [9.17, 15) is 13.2 Å². The van der Waals surface area contributed by atoms with E-state index in [4.69, 9.17) is 16.3 Å². The molecule has 2 aromatic rings. The van der Waals surface area contributed by atoms with Crippen LogP contribution in [0.5, 0.6) is 5.75 Å². The molecule has 1 aliphatic heterocycles. The van der Waals surface area contributed by atoms with Crippen LogP contribution in [0.4, 0.5) is 0 Å². The van der Waals surface area contributed by atoms with Crippen LogP contribution < -0.4 is 4.74 Å². The van der Waals surface area contributed by atoms with Crippen molar-refractivity contribution in [3.05, 3.63) is 64.2 Å². The number of ether oxygens (including phenoxy) is 1. The van der Waals surface area contributed by atoms with Crippen molar-refractivity contribution in [2.24, 2.45) is 0 Å². The largest absolute Gasteiger partial charge is 0.481 e. The third-order valence-electron chi connectivity index (χ3n) is 5.44. The first-order chi connectivity index (χ1) is 13.7. The fourth-order valence-electron chi connectivity index (χ4n) is 3.54. The first kappa shape index (κ1) is 21.7. The lowest BCUT2D eigenvalue weighted by Gasteiger charge is -2.31. The highest BCUT2D eigenvalue weighted by Crippen LogP contribution is 2.26. The number of rotatable bonds is 6. The van der Waals surface area contributed by atoms with Gasteiger partial charge in [0.15, 0.2) is 15.9 Å². The number of carbonyl (C=O) groups excluding carboxylic acids is 1. The minimum Gasteiger partial charge on any atom is -0.481 e. The molecule has 2 unspecified atom stereocenters. The Balaban J connectivity index is 1.85. The Morgan fingerprint density at radius 2 is 1.93 bits per heavy atom. The molecule has 0 saturated carbocycles. The number of halogens is 1. The molecule has 0 radical (unpaired) electrons. The highest BCUT2D eigenvalue weighted by Gasteiger charge is 2.37. The van der Waals surface area contributed by atoms with Crippen molar-refractivity contribution in [1.29, 1.82) is 0 Å². The molecule has 0 bridgehead atoms. The van der Waals surface area contributed by atoms with E-state index in [2.05, 4.69) is 0 Å². The van der Waals surface area contributed by atoms with Crippen LogP contribution in [-0.4, -0.2) is 42.9 Å². The average Bonchev–Trinajstić information content (AvgIpc) is 3.03. The van der Waals surface area contributed by atoms with Crippen LogP contribution in [0.3, 0.4) is 0 Å². The summed E-state index contributed by atoms with van der Waals surface area (Å²) in [7, 11) is -3.14. The summed E-state index contributed by atoms with van der Waals surface area (Å²) < 4.78 is 30.0. The number of sulfone groups is 1. The fourth-order valence-corrected chi connectivity index (χ4v) is 5.47. The maximum Gasteiger partial charge on any atom is 0.263 e. The second kappa shape index (κ2) is 8.76. The van der Waals surface area contributed by atoms with Gasteiger partial charge in [-0.1, -0.05) is 41.9 Å². The van der Waals surface area contributed by atoms with Crippen LogP contribution >= 0.6 is 11.6 Å². The number of aryl methyl sites for hydroxylation is 1. The molecular formula is C22H26ClNO4S. The van der Waals surface area contributed by atoms with Gasteiger partial charge in [0.05, 0.1) is 11.5 Å². The minimum atomic E-state index is -3.14. The van der Waals surface area contributed by atoms with Crippen molar-refractivity contribution in [3.8, 4) is 5.75 Å². The van der Waals surface area contributed by atoms with E-state index in [1.54, 1.807) is 17.9 Å². The average molecular weight is 436 g/mol. The zero-order chi connectivity index (χ0) is 21.2. The quantitative estimate of drug-likeness (QED) is 0.689. The van der Waals surface area contributed by atoms with E-state index >= 15 is 0 Å². The lowest BCUT2D eigenvalue weighted by atomic mass is 10.1. The zero-order valence-electron chi connectivity index (χ0n) is 16.9. The first-order valence-corrected chi connectivity index (χ1v) is 11.8. The number of hydrogen-bond acceptors (Lipinski definition) is 4. The van der Waals surface area contributed by atoms with Gasteiger partial charge < -0.3 is 9.64 Å². The van der Waals surface area contributed by atoms with Crippen molar-refractivity contribution >= 4 is 27.3 Å². The SMILES string of the molecule is Cc1cccc(OC(C)C(=O)N(Cc2ccccc2Cl)C2CCS(=O)(=O)C2)c1C. The monoisotopic (exact) mass is 435 g/mol. The Labute approximate surface area is 177 Å². The van der Waals surface area contributed by atoms with Gasteiger partial charge in [0.2, 0.25) is 0 Å². The van der Waals surface area contributed by atoms with E-state index < -0.39 is 15.9 Å². The van der Waals surface area contributed by atoms with E-state index in [0.717, 1.165) is 16.7 Å². The zero-order valence-corrected chi connectivity index (χ0v) is 18.5. The molecule has 2 atom stereocenters. The second-order valence-corrected chi connectivity index (χ2v) is 10.2. The molecular weight excluding hydrogens is 410 g/mol. The lowest BCUT2D eigenvalue weighted by Crippen LogP contribution is -2.46. The summed E-state index contributed by atoms with van der Waals surface area (Å²) in [5, 5.41) is 0.550. The molecule has 1 aliphatic rings. The molecule has 5 nitrogen and oxygen atoms in total. The van der Waals surface area contributed by atoms with Gasteiger partial charge in [-0.2, -0.15) is 0 Å². The highest BCUT2D eigenvalue weighted by atomic mass is 35.5. The molecule has 0 aromatic heterocycles. The van der Waals surface area contributed by atoms with Crippen molar-refractivity contribution in [2.45, 2.75) is 45.9 Å². The number of nitrogens with zero attached hydrogens (tertiary/aromatic N) is 1. The summed E-state index contributed by atoms with van der Waals surface area (Å²) >= 11 is 6.30. The summed E-state index contributed by atoms with van der Waals surface area (Å²) in [5.41, 5.74) is 2.84. The maximum absolute atomic E-state index is 13.3. The predicted octanol–water partition coefficient (Wildman–Crippen LogP) is 3.94. The normalized spacial score (nSPS) is 19.0. The summed E-state index contributed by atoms with van der Waals surface area (Å²) in [6.45, 7) is 5.89. The van der Waals surface area contributed by atoms with Gasteiger partial charge in [-0.15, -0.1) is 0 Å². The molecule has 29 heavy (non-hydrogen) atoms. The van der Waals surface area contributed by atoms with Crippen LogP contribution in [0.2, 0.25) is 5.02 Å². The molecule has 7 heteroatoms. The van der Waals surface area contributed by atoms with Crippen molar-refractivity contribution < 1.29 is 17.9 Å². The molecule has 1 fully saturated rings. The lowest BCUT2D eigenvalue weighted by molar-refractivity contribution is -0.140. The van der Waals surface area contributed by atoms with E-state index in [1.807, 2.05) is 50.2 Å². The summed E-state index contributed by atoms with van der Waals surface area (Å²) in [6.07, 6.45) is -0.323. The van der Waals surface area contributed by atoms with Gasteiger partial charge in [-0.05, 0) is 56.0 Å². The van der Waals surface area contributed by atoms with Crippen LogP contribution in [0.25, 0.3) is 0 Å². The number of benzene rings is 2. The minimum absolute atomic E-state index is 0.0284. The molecule has 3 rings (SSSR count). The van der Waals surface area contributed by atoms with Crippen molar-refractivity contribution in [3.63, 3.8) is 0 Å². The van der Waals surface area contributed by atoms with E-state index in [0.29, 0.717) is 17.2 Å². The predicted molar refractivity (Wildman–Crippen MR) is 115 cm³/mol. The highest BCUT2D eigenvalue weighted by molar-refractivity contribution is 7.91.